The van der Waals surface area contributed by atoms with Crippen molar-refractivity contribution < 1.29 is 19.4 Å². The Kier molecular flexibility index (Phi) is 7.72. The molecule has 0 aromatic carbocycles. The number of carbonyl (C=O) groups excluding carboxylic acids is 2. The summed E-state index contributed by atoms with van der Waals surface area (Å²) in [7, 11) is 0. The van der Waals surface area contributed by atoms with Crippen LogP contribution >= 0.6 is 0 Å². The number of amides is 2. The first-order valence-corrected chi connectivity index (χ1v) is 9.38. The molecule has 6 nitrogen and oxygen atoms in total. The van der Waals surface area contributed by atoms with E-state index in [4.69, 9.17) is 4.74 Å². The number of carbonyl (C=O) groups is 2. The first-order valence-electron chi connectivity index (χ1n) is 9.38. The number of rotatable bonds is 6. The minimum Gasteiger partial charge on any atom is -0.444 e. The molecule has 0 saturated carbocycles. The van der Waals surface area contributed by atoms with Gasteiger partial charge in [0.25, 0.3) is 0 Å². The maximum atomic E-state index is 12.4. The molecule has 1 fully saturated rings. The molecule has 1 aliphatic heterocycles. The number of nitrogens with one attached hydrogen (secondary N) is 1. The molecule has 1 atom stereocenters. The second kappa shape index (κ2) is 8.88. The quantitative estimate of drug-likeness (QED) is 0.766. The molecule has 1 aliphatic rings. The number of nitrogens with zero attached hydrogens (tertiary/aromatic N) is 1. The zero-order chi connectivity index (χ0) is 19.3. The van der Waals surface area contributed by atoms with E-state index in [9.17, 15) is 14.7 Å². The van der Waals surface area contributed by atoms with Crippen molar-refractivity contribution in [3.05, 3.63) is 0 Å². The van der Waals surface area contributed by atoms with Gasteiger partial charge in [-0.15, -0.1) is 0 Å². The van der Waals surface area contributed by atoms with Gasteiger partial charge in [-0.2, -0.15) is 0 Å². The second-order valence-electron chi connectivity index (χ2n) is 8.86. The third kappa shape index (κ3) is 9.10. The van der Waals surface area contributed by atoms with E-state index in [1.807, 2.05) is 27.7 Å². The number of aliphatic hydroxyl groups is 1. The number of hydrogen-bond acceptors (Lipinski definition) is 4. The van der Waals surface area contributed by atoms with Crippen LogP contribution in [0.2, 0.25) is 0 Å². The van der Waals surface area contributed by atoms with Gasteiger partial charge in [0.05, 0.1) is 5.60 Å². The summed E-state index contributed by atoms with van der Waals surface area (Å²) < 4.78 is 5.38. The van der Waals surface area contributed by atoms with Crippen molar-refractivity contribution in [1.29, 1.82) is 0 Å². The van der Waals surface area contributed by atoms with Crippen LogP contribution in [0.4, 0.5) is 4.79 Å². The molecule has 2 N–H and O–H groups in total. The van der Waals surface area contributed by atoms with E-state index in [-0.39, 0.29) is 24.0 Å². The average Bonchev–Trinajstić information content (AvgIpc) is 2.44. The minimum absolute atomic E-state index is 0.0459. The van der Waals surface area contributed by atoms with Gasteiger partial charge in [-0.25, -0.2) is 4.79 Å². The highest BCUT2D eigenvalue weighted by atomic mass is 16.6. The Bertz CT molecular complexity index is 443. The molecule has 1 unspecified atom stereocenters. The fourth-order valence-corrected chi connectivity index (χ4v) is 2.92. The molecule has 0 spiro atoms. The molecule has 1 heterocycles. The summed E-state index contributed by atoms with van der Waals surface area (Å²) in [6.45, 7) is 12.3. The molecule has 0 aromatic heterocycles. The van der Waals surface area contributed by atoms with Gasteiger partial charge in [0.2, 0.25) is 5.91 Å². The van der Waals surface area contributed by atoms with Gasteiger partial charge >= 0.3 is 6.09 Å². The zero-order valence-corrected chi connectivity index (χ0v) is 16.7. The summed E-state index contributed by atoms with van der Waals surface area (Å²) in [5, 5.41) is 12.8. The molecule has 6 heteroatoms. The monoisotopic (exact) mass is 356 g/mol. The maximum Gasteiger partial charge on any atom is 0.410 e. The normalized spacial score (nSPS) is 18.0. The molecule has 1 saturated heterocycles. The Morgan fingerprint density at radius 2 is 1.76 bits per heavy atom. The van der Waals surface area contributed by atoms with E-state index in [0.717, 1.165) is 19.3 Å². The topological polar surface area (TPSA) is 78.9 Å². The Labute approximate surface area is 152 Å². The van der Waals surface area contributed by atoms with Crippen LogP contribution in [0.1, 0.15) is 73.6 Å². The van der Waals surface area contributed by atoms with Gasteiger partial charge in [-0.3, -0.25) is 4.79 Å². The summed E-state index contributed by atoms with van der Waals surface area (Å²) in [5.41, 5.74) is -1.15. The van der Waals surface area contributed by atoms with Crippen molar-refractivity contribution in [3.63, 3.8) is 0 Å². The van der Waals surface area contributed by atoms with E-state index in [1.54, 1.807) is 18.7 Å². The van der Waals surface area contributed by atoms with E-state index >= 15 is 0 Å². The molecule has 25 heavy (non-hydrogen) atoms. The van der Waals surface area contributed by atoms with Crippen LogP contribution in [0, 0.1) is 5.92 Å². The Balaban J connectivity index is 2.32. The molecule has 0 radical (unpaired) electrons. The molecule has 146 valence electrons. The lowest BCUT2D eigenvalue weighted by molar-refractivity contribution is -0.127. The van der Waals surface area contributed by atoms with Crippen molar-refractivity contribution in [3.8, 4) is 0 Å². The van der Waals surface area contributed by atoms with Crippen LogP contribution < -0.4 is 5.32 Å². The smallest absolute Gasteiger partial charge is 0.410 e. The van der Waals surface area contributed by atoms with Gasteiger partial charge in [0, 0.05) is 25.0 Å². The van der Waals surface area contributed by atoms with Crippen LogP contribution in [0.15, 0.2) is 0 Å². The molecule has 0 bridgehead atoms. The highest BCUT2D eigenvalue weighted by molar-refractivity contribution is 5.79. The van der Waals surface area contributed by atoms with Crippen molar-refractivity contribution in [2.24, 2.45) is 5.92 Å². The fraction of sp³-hybridized carbons (Fsp3) is 0.895. The molecular weight excluding hydrogens is 320 g/mol. The van der Waals surface area contributed by atoms with Crippen molar-refractivity contribution in [1.82, 2.24) is 10.2 Å². The summed E-state index contributed by atoms with van der Waals surface area (Å²) in [4.78, 5) is 26.1. The average molecular weight is 357 g/mol. The van der Waals surface area contributed by atoms with Crippen LogP contribution in [-0.2, 0) is 9.53 Å². The summed E-state index contributed by atoms with van der Waals surface area (Å²) >= 11 is 0. The Morgan fingerprint density at radius 1 is 1.20 bits per heavy atom. The van der Waals surface area contributed by atoms with E-state index in [1.165, 1.54) is 0 Å². The lowest BCUT2D eigenvalue weighted by atomic mass is 9.95. The van der Waals surface area contributed by atoms with Crippen molar-refractivity contribution in [2.75, 3.05) is 13.1 Å². The van der Waals surface area contributed by atoms with Gasteiger partial charge in [0.1, 0.15) is 5.60 Å². The minimum atomic E-state index is -0.655. The van der Waals surface area contributed by atoms with Crippen LogP contribution in [0.3, 0.4) is 0 Å². The lowest BCUT2D eigenvalue weighted by Gasteiger charge is -2.33. The first kappa shape index (κ1) is 21.7. The predicted octanol–water partition coefficient (Wildman–Crippen LogP) is 3.08. The van der Waals surface area contributed by atoms with Crippen LogP contribution in [-0.4, -0.2) is 52.3 Å². The van der Waals surface area contributed by atoms with E-state index < -0.39 is 11.2 Å². The van der Waals surface area contributed by atoms with Crippen LogP contribution in [0.5, 0.6) is 0 Å². The van der Waals surface area contributed by atoms with Gasteiger partial charge in [-0.1, -0.05) is 0 Å². The van der Waals surface area contributed by atoms with Crippen LogP contribution in [0.25, 0.3) is 0 Å². The first-order chi connectivity index (χ1) is 11.4. The largest absolute Gasteiger partial charge is 0.444 e. The Morgan fingerprint density at radius 3 is 2.24 bits per heavy atom. The van der Waals surface area contributed by atoms with Gasteiger partial charge in [0.15, 0.2) is 0 Å². The SMILES string of the molecule is CC(CCCC(C)(C)O)NC(=O)C1CCN(C(=O)OC(C)(C)C)CC1. The second-order valence-corrected chi connectivity index (χ2v) is 8.86. The number of ether oxygens (including phenoxy) is 1. The molecule has 1 rings (SSSR count). The maximum absolute atomic E-state index is 12.4. The highest BCUT2D eigenvalue weighted by Crippen LogP contribution is 2.20. The number of hydrogen-bond donors (Lipinski definition) is 2. The number of likely N-dealkylation sites (tertiary alicyclic amines) is 1. The lowest BCUT2D eigenvalue weighted by Crippen LogP contribution is -2.46. The fourth-order valence-electron chi connectivity index (χ4n) is 2.92. The third-order valence-corrected chi connectivity index (χ3v) is 4.33. The molecule has 2 amide bonds. The summed E-state index contributed by atoms with van der Waals surface area (Å²) in [5.74, 6) is 0.0232. The number of piperidine rings is 1. The van der Waals surface area contributed by atoms with Gasteiger partial charge in [-0.05, 0) is 73.6 Å². The highest BCUT2D eigenvalue weighted by Gasteiger charge is 2.30. The Hall–Kier alpha value is -1.30. The van der Waals surface area contributed by atoms with Gasteiger partial charge < -0.3 is 20.1 Å². The molecule has 0 aliphatic carbocycles. The van der Waals surface area contributed by atoms with E-state index in [0.29, 0.717) is 25.9 Å². The van der Waals surface area contributed by atoms with Crippen molar-refractivity contribution in [2.45, 2.75) is 90.9 Å². The zero-order valence-electron chi connectivity index (χ0n) is 16.7. The summed E-state index contributed by atoms with van der Waals surface area (Å²) in [6, 6.07) is 0.0961. The summed E-state index contributed by atoms with van der Waals surface area (Å²) in [6.07, 6.45) is 3.49. The molecule has 0 aromatic rings. The third-order valence-electron chi connectivity index (χ3n) is 4.33. The standard InChI is InChI=1S/C19H36N2O4/c1-14(8-7-11-19(5,6)24)20-16(22)15-9-12-21(13-10-15)17(23)25-18(2,3)4/h14-15,24H,7-13H2,1-6H3,(H,20,22). The van der Waals surface area contributed by atoms with E-state index in [2.05, 4.69) is 5.32 Å². The predicted molar refractivity (Wildman–Crippen MR) is 98.3 cm³/mol. The van der Waals surface area contributed by atoms with Crippen molar-refractivity contribution >= 4 is 12.0 Å². The molecular formula is C19H36N2O4.